The molecule has 2 aliphatic carbocycles. The van der Waals surface area contributed by atoms with E-state index in [0.717, 1.165) is 36.1 Å². The molecule has 1 saturated carbocycles. The van der Waals surface area contributed by atoms with E-state index in [9.17, 15) is 9.50 Å². The second-order valence-corrected chi connectivity index (χ2v) is 7.09. The maximum atomic E-state index is 13.3. The SMILES string of the molecule is O[C@H]1C[C@H]2CC=CC[C@H]2[C@@H]1C=Cc1ccc(-c2cccc(F)c2)cn1. The van der Waals surface area contributed by atoms with Gasteiger partial charge in [0.25, 0.3) is 0 Å². The number of benzene rings is 1. The minimum absolute atomic E-state index is 0.208. The van der Waals surface area contributed by atoms with Crippen molar-refractivity contribution in [1.82, 2.24) is 4.98 Å². The van der Waals surface area contributed by atoms with Crippen LogP contribution in [-0.2, 0) is 0 Å². The van der Waals surface area contributed by atoms with E-state index in [1.807, 2.05) is 24.3 Å². The first kappa shape index (κ1) is 16.2. The number of hydrogen-bond acceptors (Lipinski definition) is 2. The Morgan fingerprint density at radius 3 is 2.76 bits per heavy atom. The van der Waals surface area contributed by atoms with Crippen LogP contribution in [0.25, 0.3) is 17.2 Å². The number of hydrogen-bond donors (Lipinski definition) is 1. The maximum Gasteiger partial charge on any atom is 0.123 e. The van der Waals surface area contributed by atoms with Gasteiger partial charge < -0.3 is 5.11 Å². The van der Waals surface area contributed by atoms with Crippen LogP contribution in [0, 0.1) is 23.6 Å². The molecule has 1 N–H and O–H groups in total. The Balaban J connectivity index is 1.49. The standard InChI is InChI=1S/C22H22FNO/c23-18-6-3-5-15(12-18)17-8-9-19(24-14-17)10-11-21-20-7-2-1-4-16(20)13-22(21)25/h1-3,5-6,8-12,14,16,20-22,25H,4,7,13H2/t16-,20-,21+,22+/m1/s1. The van der Waals surface area contributed by atoms with E-state index in [-0.39, 0.29) is 17.8 Å². The molecular formula is C22H22FNO. The highest BCUT2D eigenvalue weighted by Crippen LogP contribution is 2.44. The lowest BCUT2D eigenvalue weighted by molar-refractivity contribution is 0.142. The molecule has 1 aromatic heterocycles. The molecule has 2 aliphatic rings. The molecule has 0 saturated heterocycles. The third kappa shape index (κ3) is 3.42. The van der Waals surface area contributed by atoms with E-state index in [2.05, 4.69) is 23.2 Å². The number of nitrogens with zero attached hydrogens (tertiary/aromatic N) is 1. The van der Waals surface area contributed by atoms with E-state index in [1.165, 1.54) is 12.1 Å². The summed E-state index contributed by atoms with van der Waals surface area (Å²) in [6.07, 6.45) is 13.2. The second-order valence-electron chi connectivity index (χ2n) is 7.09. The number of allylic oxidation sites excluding steroid dienone is 2. The third-order valence-electron chi connectivity index (χ3n) is 5.54. The molecule has 4 atom stereocenters. The summed E-state index contributed by atoms with van der Waals surface area (Å²) in [6, 6.07) is 10.4. The van der Waals surface area contributed by atoms with Gasteiger partial charge >= 0.3 is 0 Å². The Morgan fingerprint density at radius 1 is 1.08 bits per heavy atom. The van der Waals surface area contributed by atoms with Crippen LogP contribution >= 0.6 is 0 Å². The van der Waals surface area contributed by atoms with Gasteiger partial charge in [0.2, 0.25) is 0 Å². The van der Waals surface area contributed by atoms with Crippen LogP contribution < -0.4 is 0 Å². The Morgan fingerprint density at radius 2 is 1.96 bits per heavy atom. The van der Waals surface area contributed by atoms with Crippen LogP contribution in [0.3, 0.4) is 0 Å². The quantitative estimate of drug-likeness (QED) is 0.812. The van der Waals surface area contributed by atoms with Crippen molar-refractivity contribution in [2.24, 2.45) is 17.8 Å². The molecule has 2 nitrogen and oxygen atoms in total. The Labute approximate surface area is 147 Å². The van der Waals surface area contributed by atoms with E-state index >= 15 is 0 Å². The minimum atomic E-state index is -0.252. The van der Waals surface area contributed by atoms with Gasteiger partial charge in [-0.1, -0.05) is 36.4 Å². The first-order chi connectivity index (χ1) is 12.2. The summed E-state index contributed by atoms with van der Waals surface area (Å²) < 4.78 is 13.3. The van der Waals surface area contributed by atoms with Crippen molar-refractivity contribution in [2.45, 2.75) is 25.4 Å². The van der Waals surface area contributed by atoms with Crippen molar-refractivity contribution in [2.75, 3.05) is 0 Å². The van der Waals surface area contributed by atoms with Gasteiger partial charge in [-0.3, -0.25) is 4.98 Å². The van der Waals surface area contributed by atoms with Gasteiger partial charge in [0.1, 0.15) is 5.82 Å². The highest BCUT2D eigenvalue weighted by atomic mass is 19.1. The second kappa shape index (κ2) is 6.93. The van der Waals surface area contributed by atoms with Gasteiger partial charge in [0.05, 0.1) is 11.8 Å². The fraction of sp³-hybridized carbons (Fsp3) is 0.318. The van der Waals surface area contributed by atoms with Crippen LogP contribution in [0.2, 0.25) is 0 Å². The third-order valence-corrected chi connectivity index (χ3v) is 5.54. The summed E-state index contributed by atoms with van der Waals surface area (Å²) in [7, 11) is 0. The molecule has 3 heteroatoms. The summed E-state index contributed by atoms with van der Waals surface area (Å²) in [4.78, 5) is 4.47. The predicted octanol–water partition coefficient (Wildman–Crippen LogP) is 4.86. The molecular weight excluding hydrogens is 313 g/mol. The van der Waals surface area contributed by atoms with Gasteiger partial charge in [-0.2, -0.15) is 0 Å². The molecule has 25 heavy (non-hydrogen) atoms. The smallest absolute Gasteiger partial charge is 0.123 e. The molecule has 0 unspecified atom stereocenters. The fourth-order valence-corrected chi connectivity index (χ4v) is 4.21. The van der Waals surface area contributed by atoms with E-state index in [0.29, 0.717) is 11.8 Å². The Bertz CT molecular complexity index is 796. The molecule has 0 bridgehead atoms. The number of aromatic nitrogens is 1. The van der Waals surface area contributed by atoms with Crippen molar-refractivity contribution in [3.8, 4) is 11.1 Å². The van der Waals surface area contributed by atoms with Gasteiger partial charge in [0, 0.05) is 17.7 Å². The molecule has 1 heterocycles. The summed E-state index contributed by atoms with van der Waals surface area (Å²) in [6.45, 7) is 0. The highest BCUT2D eigenvalue weighted by molar-refractivity contribution is 5.63. The van der Waals surface area contributed by atoms with Gasteiger partial charge in [-0.15, -0.1) is 0 Å². The summed E-state index contributed by atoms with van der Waals surface area (Å²) in [5, 5.41) is 10.4. The van der Waals surface area contributed by atoms with E-state index < -0.39 is 0 Å². The predicted molar refractivity (Wildman–Crippen MR) is 98.1 cm³/mol. The molecule has 1 aromatic carbocycles. The van der Waals surface area contributed by atoms with E-state index in [1.54, 1.807) is 12.3 Å². The zero-order chi connectivity index (χ0) is 17.2. The fourth-order valence-electron chi connectivity index (χ4n) is 4.21. The molecule has 0 spiro atoms. The molecule has 0 amide bonds. The lowest BCUT2D eigenvalue weighted by Crippen LogP contribution is -2.19. The van der Waals surface area contributed by atoms with E-state index in [4.69, 9.17) is 0 Å². The van der Waals surface area contributed by atoms with Gasteiger partial charge in [0.15, 0.2) is 0 Å². The average molecular weight is 335 g/mol. The minimum Gasteiger partial charge on any atom is -0.392 e. The first-order valence-electron chi connectivity index (χ1n) is 8.94. The topological polar surface area (TPSA) is 33.1 Å². The van der Waals surface area contributed by atoms with Crippen molar-refractivity contribution in [3.05, 3.63) is 72.3 Å². The number of halogens is 1. The van der Waals surface area contributed by atoms with Crippen molar-refractivity contribution in [1.29, 1.82) is 0 Å². The molecule has 0 radical (unpaired) electrons. The average Bonchev–Trinajstić information content (AvgIpc) is 2.95. The molecule has 128 valence electrons. The maximum absolute atomic E-state index is 13.3. The van der Waals surface area contributed by atoms with Crippen molar-refractivity contribution in [3.63, 3.8) is 0 Å². The highest BCUT2D eigenvalue weighted by Gasteiger charge is 2.40. The van der Waals surface area contributed by atoms with Gasteiger partial charge in [-0.25, -0.2) is 4.39 Å². The van der Waals surface area contributed by atoms with Crippen LogP contribution in [0.5, 0.6) is 0 Å². The summed E-state index contributed by atoms with van der Waals surface area (Å²) in [5.74, 6) is 1.12. The number of rotatable bonds is 3. The molecule has 2 aromatic rings. The molecule has 0 aliphatic heterocycles. The zero-order valence-corrected chi connectivity index (χ0v) is 14.1. The van der Waals surface area contributed by atoms with Crippen LogP contribution in [0.4, 0.5) is 4.39 Å². The summed E-state index contributed by atoms with van der Waals surface area (Å²) >= 11 is 0. The Kier molecular flexibility index (Phi) is 4.50. The zero-order valence-electron chi connectivity index (χ0n) is 14.1. The normalized spacial score (nSPS) is 28.4. The van der Waals surface area contributed by atoms with Crippen LogP contribution in [-0.4, -0.2) is 16.2 Å². The lowest BCUT2D eigenvalue weighted by atomic mass is 9.81. The molecule has 1 fully saturated rings. The lowest BCUT2D eigenvalue weighted by Gasteiger charge is -2.24. The van der Waals surface area contributed by atoms with Crippen molar-refractivity contribution < 1.29 is 9.50 Å². The number of fused-ring (bicyclic) bond motifs is 1. The Hall–Kier alpha value is -2.26. The molecule has 4 rings (SSSR count). The van der Waals surface area contributed by atoms with Crippen LogP contribution in [0.1, 0.15) is 25.0 Å². The van der Waals surface area contributed by atoms with Crippen molar-refractivity contribution >= 4 is 6.08 Å². The number of aliphatic hydroxyl groups is 1. The largest absolute Gasteiger partial charge is 0.392 e. The first-order valence-corrected chi connectivity index (χ1v) is 8.94. The number of pyridine rings is 1. The summed E-state index contributed by atoms with van der Waals surface area (Å²) in [5.41, 5.74) is 2.59. The number of aliphatic hydroxyl groups excluding tert-OH is 1. The monoisotopic (exact) mass is 335 g/mol. The van der Waals surface area contributed by atoms with Crippen LogP contribution in [0.15, 0.2) is 60.8 Å². The van der Waals surface area contributed by atoms with Gasteiger partial charge in [-0.05, 0) is 60.9 Å².